The molecule has 86 valence electrons. The molecule has 1 heterocycles. The highest BCUT2D eigenvalue weighted by Crippen LogP contribution is 2.22. The molecule has 0 saturated carbocycles. The fraction of sp³-hybridized carbons (Fsp3) is 0.500. The maximum atomic E-state index is 10.8. The van der Waals surface area contributed by atoms with Crippen LogP contribution >= 0.6 is 0 Å². The fourth-order valence-corrected chi connectivity index (χ4v) is 2.43. The van der Waals surface area contributed by atoms with E-state index >= 15 is 0 Å². The molecule has 0 radical (unpaired) electrons. The number of hydrogen-bond donors (Lipinski definition) is 0. The van der Waals surface area contributed by atoms with Crippen LogP contribution in [0.3, 0.4) is 0 Å². The van der Waals surface area contributed by atoms with Crippen molar-refractivity contribution in [1.29, 1.82) is 0 Å². The highest BCUT2D eigenvalue weighted by Gasteiger charge is 2.24. The van der Waals surface area contributed by atoms with Gasteiger partial charge in [0.05, 0.1) is 0 Å². The molecule has 1 aliphatic heterocycles. The van der Waals surface area contributed by atoms with Crippen LogP contribution in [0.25, 0.3) is 0 Å². The lowest BCUT2D eigenvalue weighted by Gasteiger charge is -2.35. The summed E-state index contributed by atoms with van der Waals surface area (Å²) in [6.07, 6.45) is 3.15. The second-order valence-corrected chi connectivity index (χ2v) is 4.73. The zero-order valence-electron chi connectivity index (χ0n) is 9.80. The summed E-state index contributed by atoms with van der Waals surface area (Å²) in [7, 11) is 0. The van der Waals surface area contributed by atoms with Crippen LogP contribution in [0.2, 0.25) is 0 Å². The van der Waals surface area contributed by atoms with Gasteiger partial charge in [0, 0.05) is 18.5 Å². The largest absolute Gasteiger partial charge is 0.303 e. The Hall–Kier alpha value is -1.15. The van der Waals surface area contributed by atoms with Crippen molar-refractivity contribution in [3.8, 4) is 0 Å². The average Bonchev–Trinajstić information content (AvgIpc) is 2.33. The summed E-state index contributed by atoms with van der Waals surface area (Å²) in [6.45, 7) is 4.27. The van der Waals surface area contributed by atoms with E-state index in [0.29, 0.717) is 6.04 Å². The number of carbonyl (C=O) groups excluding carboxylic acids is 1. The molecule has 1 aliphatic rings. The van der Waals surface area contributed by atoms with Crippen LogP contribution in [0.5, 0.6) is 0 Å². The summed E-state index contributed by atoms with van der Waals surface area (Å²) >= 11 is 0. The van der Waals surface area contributed by atoms with Crippen LogP contribution in [0, 0.1) is 5.92 Å². The van der Waals surface area contributed by atoms with Gasteiger partial charge in [-0.1, -0.05) is 30.3 Å². The zero-order chi connectivity index (χ0) is 11.4. The smallest absolute Gasteiger partial charge is 0.123 e. The van der Waals surface area contributed by atoms with Crippen molar-refractivity contribution in [3.05, 3.63) is 35.9 Å². The Labute approximate surface area is 97.3 Å². The van der Waals surface area contributed by atoms with Crippen LogP contribution in [0.15, 0.2) is 30.3 Å². The number of piperidine rings is 1. The lowest BCUT2D eigenvalue weighted by molar-refractivity contribution is -0.113. The van der Waals surface area contributed by atoms with Crippen molar-refractivity contribution in [3.63, 3.8) is 0 Å². The summed E-state index contributed by atoms with van der Waals surface area (Å²) in [4.78, 5) is 13.2. The fourth-order valence-electron chi connectivity index (χ4n) is 2.43. The van der Waals surface area contributed by atoms with Gasteiger partial charge in [-0.2, -0.15) is 0 Å². The molecule has 0 amide bonds. The molecule has 0 aromatic heterocycles. The molecule has 2 nitrogen and oxygen atoms in total. The Morgan fingerprint density at radius 3 is 2.75 bits per heavy atom. The highest BCUT2D eigenvalue weighted by atomic mass is 16.1. The first-order valence-electron chi connectivity index (χ1n) is 6.03. The molecular weight excluding hydrogens is 198 g/mol. The monoisotopic (exact) mass is 217 g/mol. The Morgan fingerprint density at radius 2 is 2.12 bits per heavy atom. The number of benzene rings is 1. The lowest BCUT2D eigenvalue weighted by Crippen LogP contribution is -2.40. The average molecular weight is 217 g/mol. The van der Waals surface area contributed by atoms with Gasteiger partial charge in [0.15, 0.2) is 0 Å². The third-order valence-electron chi connectivity index (χ3n) is 3.48. The molecule has 2 atom stereocenters. The first-order valence-corrected chi connectivity index (χ1v) is 6.03. The summed E-state index contributed by atoms with van der Waals surface area (Å²) in [5.74, 6) is 0.280. The second-order valence-electron chi connectivity index (χ2n) is 4.73. The van der Waals surface area contributed by atoms with Crippen molar-refractivity contribution >= 4 is 6.29 Å². The van der Waals surface area contributed by atoms with Crippen LogP contribution in [0.1, 0.15) is 25.3 Å². The third-order valence-corrected chi connectivity index (χ3v) is 3.48. The zero-order valence-corrected chi connectivity index (χ0v) is 9.80. The molecule has 1 aromatic rings. The predicted molar refractivity (Wildman–Crippen MR) is 65.1 cm³/mol. The Bertz CT molecular complexity index is 336. The number of rotatable bonds is 3. The lowest BCUT2D eigenvalue weighted by atomic mass is 9.92. The standard InChI is InChI=1S/C14H19NO/c1-12-9-14(11-16)7-8-15(12)10-13-5-3-2-4-6-13/h2-6,11-12,14H,7-10H2,1H3/t12-,14?/m0/s1. The summed E-state index contributed by atoms with van der Waals surface area (Å²) in [5.41, 5.74) is 1.36. The number of hydrogen-bond acceptors (Lipinski definition) is 2. The van der Waals surface area contributed by atoms with E-state index in [1.807, 2.05) is 6.07 Å². The predicted octanol–water partition coefficient (Wildman–Crippen LogP) is 2.49. The Balaban J connectivity index is 1.94. The van der Waals surface area contributed by atoms with Crippen molar-refractivity contribution in [2.75, 3.05) is 6.54 Å². The Kier molecular flexibility index (Phi) is 3.73. The quantitative estimate of drug-likeness (QED) is 0.725. The maximum absolute atomic E-state index is 10.8. The minimum atomic E-state index is 0.280. The molecule has 2 rings (SSSR count). The van der Waals surface area contributed by atoms with Gasteiger partial charge < -0.3 is 4.79 Å². The molecule has 1 saturated heterocycles. The van der Waals surface area contributed by atoms with E-state index in [1.54, 1.807) is 0 Å². The third kappa shape index (κ3) is 2.70. The minimum Gasteiger partial charge on any atom is -0.303 e. The van der Waals surface area contributed by atoms with E-state index in [4.69, 9.17) is 0 Å². The van der Waals surface area contributed by atoms with Crippen LogP contribution in [-0.4, -0.2) is 23.8 Å². The van der Waals surface area contributed by atoms with Gasteiger partial charge in [0.25, 0.3) is 0 Å². The second kappa shape index (κ2) is 5.26. The Morgan fingerprint density at radius 1 is 1.38 bits per heavy atom. The van der Waals surface area contributed by atoms with Gasteiger partial charge in [-0.15, -0.1) is 0 Å². The molecule has 1 fully saturated rings. The van der Waals surface area contributed by atoms with E-state index in [9.17, 15) is 4.79 Å². The van der Waals surface area contributed by atoms with Gasteiger partial charge in [0.1, 0.15) is 6.29 Å². The molecule has 1 aromatic carbocycles. The molecule has 16 heavy (non-hydrogen) atoms. The molecule has 1 unspecified atom stereocenters. The first kappa shape index (κ1) is 11.3. The van der Waals surface area contributed by atoms with Crippen molar-refractivity contribution in [1.82, 2.24) is 4.90 Å². The van der Waals surface area contributed by atoms with Crippen LogP contribution in [0.4, 0.5) is 0 Å². The number of aldehydes is 1. The topological polar surface area (TPSA) is 20.3 Å². The van der Waals surface area contributed by atoms with Crippen molar-refractivity contribution < 1.29 is 4.79 Å². The van der Waals surface area contributed by atoms with Gasteiger partial charge in [-0.05, 0) is 31.9 Å². The van der Waals surface area contributed by atoms with E-state index in [0.717, 1.165) is 32.2 Å². The molecule has 0 aliphatic carbocycles. The molecule has 0 spiro atoms. The van der Waals surface area contributed by atoms with E-state index in [-0.39, 0.29) is 5.92 Å². The van der Waals surface area contributed by atoms with Crippen LogP contribution in [-0.2, 0) is 11.3 Å². The summed E-state index contributed by atoms with van der Waals surface area (Å²) in [6, 6.07) is 11.1. The van der Waals surface area contributed by atoms with Crippen molar-refractivity contribution in [2.45, 2.75) is 32.4 Å². The van der Waals surface area contributed by atoms with Gasteiger partial charge in [0.2, 0.25) is 0 Å². The number of carbonyl (C=O) groups is 1. The van der Waals surface area contributed by atoms with Gasteiger partial charge >= 0.3 is 0 Å². The van der Waals surface area contributed by atoms with Crippen molar-refractivity contribution in [2.24, 2.45) is 5.92 Å². The molecule has 0 N–H and O–H groups in total. The van der Waals surface area contributed by atoms with Gasteiger partial charge in [-0.3, -0.25) is 4.90 Å². The minimum absolute atomic E-state index is 0.280. The van der Waals surface area contributed by atoms with E-state index < -0.39 is 0 Å². The number of likely N-dealkylation sites (tertiary alicyclic amines) is 1. The maximum Gasteiger partial charge on any atom is 0.123 e. The molecular formula is C14H19NO. The normalized spacial score (nSPS) is 26.6. The van der Waals surface area contributed by atoms with E-state index in [2.05, 4.69) is 36.1 Å². The SMILES string of the molecule is C[C@H]1CC(C=O)CCN1Cc1ccccc1. The summed E-state index contributed by atoms with van der Waals surface area (Å²) in [5, 5.41) is 0. The number of nitrogens with zero attached hydrogens (tertiary/aromatic N) is 1. The van der Waals surface area contributed by atoms with E-state index in [1.165, 1.54) is 5.56 Å². The van der Waals surface area contributed by atoms with Crippen LogP contribution < -0.4 is 0 Å². The highest BCUT2D eigenvalue weighted by molar-refractivity contribution is 5.53. The van der Waals surface area contributed by atoms with Gasteiger partial charge in [-0.25, -0.2) is 0 Å². The summed E-state index contributed by atoms with van der Waals surface area (Å²) < 4.78 is 0. The molecule has 0 bridgehead atoms. The molecule has 2 heteroatoms. The first-order chi connectivity index (χ1) is 7.79.